The molecule has 0 saturated heterocycles. The van der Waals surface area contributed by atoms with Crippen molar-refractivity contribution in [3.8, 4) is 5.69 Å². The van der Waals surface area contributed by atoms with Gasteiger partial charge in [0.1, 0.15) is 23.2 Å². The van der Waals surface area contributed by atoms with Gasteiger partial charge in [-0.3, -0.25) is 19.0 Å². The number of halogens is 1. The molecule has 3 N–H and O–H groups in total. The average molecular weight is 563 g/mol. The number of hydrogen-bond donors (Lipinski definition) is 3. The number of rotatable bonds is 6. The predicted octanol–water partition coefficient (Wildman–Crippen LogP) is 5.70. The lowest BCUT2D eigenvalue weighted by Gasteiger charge is -2.24. The molecular weight excluding hydrogens is 540 g/mol. The van der Waals surface area contributed by atoms with E-state index in [0.29, 0.717) is 49.9 Å². The van der Waals surface area contributed by atoms with Gasteiger partial charge in [0.15, 0.2) is 5.43 Å². The van der Waals surface area contributed by atoms with Gasteiger partial charge in [-0.2, -0.15) is 0 Å². The monoisotopic (exact) mass is 562 g/mol. The molecule has 0 saturated carbocycles. The molecule has 202 valence electrons. The second-order valence-corrected chi connectivity index (χ2v) is 9.76. The maximum atomic E-state index is 14.3. The molecule has 6 rings (SSSR count). The summed E-state index contributed by atoms with van der Waals surface area (Å²) in [6.45, 7) is 1.83. The Balaban J connectivity index is 1.54. The molecule has 9 nitrogen and oxygen atoms in total. The second kappa shape index (κ2) is 10.7. The van der Waals surface area contributed by atoms with Crippen LogP contribution in [0.25, 0.3) is 27.5 Å². The maximum absolute atomic E-state index is 14.3. The molecule has 41 heavy (non-hydrogen) atoms. The van der Waals surface area contributed by atoms with Gasteiger partial charge in [-0.25, -0.2) is 9.97 Å². The Kier molecular flexibility index (Phi) is 6.78. The number of hydrogen-bond acceptors (Lipinski definition) is 6. The molecule has 1 atom stereocenters. The molecule has 0 aliphatic rings. The van der Waals surface area contributed by atoms with E-state index >= 15 is 0 Å². The number of pyridine rings is 2. The van der Waals surface area contributed by atoms with E-state index in [1.807, 2.05) is 31.2 Å². The lowest BCUT2D eigenvalue weighted by atomic mass is 10.0. The third kappa shape index (κ3) is 4.72. The molecule has 0 unspecified atom stereocenters. The van der Waals surface area contributed by atoms with E-state index in [4.69, 9.17) is 11.6 Å². The largest absolute Gasteiger partial charge is 0.361 e. The molecule has 0 aliphatic heterocycles. The van der Waals surface area contributed by atoms with Crippen LogP contribution >= 0.6 is 11.6 Å². The van der Waals surface area contributed by atoms with Crippen LogP contribution < -0.4 is 21.6 Å². The Bertz CT molecular complexity index is 2040. The molecule has 0 aliphatic carbocycles. The highest BCUT2D eigenvalue weighted by molar-refractivity contribution is 6.36. The van der Waals surface area contributed by atoms with Crippen LogP contribution in [0.1, 0.15) is 29.0 Å². The van der Waals surface area contributed by atoms with E-state index < -0.39 is 6.04 Å². The van der Waals surface area contributed by atoms with Crippen molar-refractivity contribution in [3.63, 3.8) is 0 Å². The number of anilines is 2. The molecule has 6 aromatic rings. The van der Waals surface area contributed by atoms with Gasteiger partial charge in [0.05, 0.1) is 27.8 Å². The number of aromatic nitrogens is 4. The molecule has 0 spiro atoms. The standard InChI is InChI=1S/C31H23ClN6O3/c1-18(36-29-25-23(39)15-16-33-28(25)34-17-35-29)27-26(32)21-13-8-14-22(37-30(40)19-9-4-2-5-10-19)24(21)31(41)38(27)20-11-6-3-7-12-20/h2-18H,1H3,(H,37,40)(H2,33,34,35,36,39)/t18-/m0/s1. The summed E-state index contributed by atoms with van der Waals surface area (Å²) in [6, 6.07) is 23.8. The highest BCUT2D eigenvalue weighted by atomic mass is 35.5. The van der Waals surface area contributed by atoms with Crippen LogP contribution in [0.4, 0.5) is 11.5 Å². The number of nitrogens with one attached hydrogen (secondary N) is 3. The topological polar surface area (TPSA) is 122 Å². The number of amides is 1. The van der Waals surface area contributed by atoms with Crippen molar-refractivity contribution >= 4 is 50.8 Å². The Morgan fingerprint density at radius 3 is 2.39 bits per heavy atom. The lowest BCUT2D eigenvalue weighted by Crippen LogP contribution is -2.27. The smallest absolute Gasteiger partial charge is 0.265 e. The Labute approximate surface area is 238 Å². The third-order valence-electron chi connectivity index (χ3n) is 6.79. The Morgan fingerprint density at radius 1 is 0.902 bits per heavy atom. The quantitative estimate of drug-likeness (QED) is 0.239. The normalized spacial score (nSPS) is 11.9. The zero-order valence-corrected chi connectivity index (χ0v) is 22.5. The number of carbonyl (C=O) groups excluding carboxylic acids is 1. The molecule has 3 heterocycles. The number of para-hydroxylation sites is 1. The minimum Gasteiger partial charge on any atom is -0.361 e. The number of carbonyl (C=O) groups is 1. The molecule has 3 aromatic heterocycles. The summed E-state index contributed by atoms with van der Waals surface area (Å²) in [6.07, 6.45) is 2.87. The van der Waals surface area contributed by atoms with Crippen LogP contribution in [0.3, 0.4) is 0 Å². The van der Waals surface area contributed by atoms with E-state index in [-0.39, 0.29) is 22.3 Å². The number of H-pyrrole nitrogens is 1. The van der Waals surface area contributed by atoms with Crippen molar-refractivity contribution in [2.75, 3.05) is 10.6 Å². The summed E-state index contributed by atoms with van der Waals surface area (Å²) in [7, 11) is 0. The highest BCUT2D eigenvalue weighted by Gasteiger charge is 2.24. The van der Waals surface area contributed by atoms with E-state index in [1.165, 1.54) is 23.2 Å². The van der Waals surface area contributed by atoms with Crippen LogP contribution in [0.15, 0.2) is 107 Å². The maximum Gasteiger partial charge on any atom is 0.265 e. The van der Waals surface area contributed by atoms with Crippen molar-refractivity contribution in [1.82, 2.24) is 19.5 Å². The van der Waals surface area contributed by atoms with Gasteiger partial charge in [0.2, 0.25) is 0 Å². The molecule has 3 aromatic carbocycles. The fourth-order valence-electron chi connectivity index (χ4n) is 4.92. The number of aromatic amines is 1. The van der Waals surface area contributed by atoms with Crippen LogP contribution in [-0.4, -0.2) is 25.4 Å². The minimum absolute atomic E-state index is 0.252. The highest BCUT2D eigenvalue weighted by Crippen LogP contribution is 2.35. The molecule has 0 bridgehead atoms. The fraction of sp³-hybridized carbons (Fsp3) is 0.0645. The minimum atomic E-state index is -0.583. The summed E-state index contributed by atoms with van der Waals surface area (Å²) in [5, 5.41) is 7.50. The van der Waals surface area contributed by atoms with E-state index in [9.17, 15) is 14.4 Å². The zero-order valence-electron chi connectivity index (χ0n) is 21.8. The average Bonchev–Trinajstić information content (AvgIpc) is 2.99. The van der Waals surface area contributed by atoms with Gasteiger partial charge >= 0.3 is 0 Å². The van der Waals surface area contributed by atoms with Gasteiger partial charge in [0, 0.05) is 28.9 Å². The van der Waals surface area contributed by atoms with Gasteiger partial charge in [0.25, 0.3) is 11.5 Å². The van der Waals surface area contributed by atoms with Gasteiger partial charge < -0.3 is 15.6 Å². The lowest BCUT2D eigenvalue weighted by molar-refractivity contribution is 0.102. The summed E-state index contributed by atoms with van der Waals surface area (Å²) >= 11 is 7.09. The third-order valence-corrected chi connectivity index (χ3v) is 7.19. The van der Waals surface area contributed by atoms with Crippen LogP contribution in [-0.2, 0) is 0 Å². The van der Waals surface area contributed by atoms with Gasteiger partial charge in [-0.15, -0.1) is 0 Å². The first-order chi connectivity index (χ1) is 19.9. The molecular formula is C31H23ClN6O3. The summed E-state index contributed by atoms with van der Waals surface area (Å²) in [5.41, 5.74) is 1.60. The van der Waals surface area contributed by atoms with Crippen molar-refractivity contribution < 1.29 is 4.79 Å². The molecule has 0 fully saturated rings. The first kappa shape index (κ1) is 26.0. The van der Waals surface area contributed by atoms with Crippen molar-refractivity contribution in [3.05, 3.63) is 134 Å². The van der Waals surface area contributed by atoms with Crippen LogP contribution in [0.5, 0.6) is 0 Å². The Morgan fingerprint density at radius 2 is 1.63 bits per heavy atom. The van der Waals surface area contributed by atoms with Gasteiger partial charge in [-0.1, -0.05) is 60.1 Å². The van der Waals surface area contributed by atoms with Crippen molar-refractivity contribution in [2.24, 2.45) is 0 Å². The zero-order chi connectivity index (χ0) is 28.5. The number of fused-ring (bicyclic) bond motifs is 2. The fourth-order valence-corrected chi connectivity index (χ4v) is 5.32. The summed E-state index contributed by atoms with van der Waals surface area (Å²) < 4.78 is 1.52. The van der Waals surface area contributed by atoms with E-state index in [2.05, 4.69) is 25.6 Å². The predicted molar refractivity (Wildman–Crippen MR) is 161 cm³/mol. The van der Waals surface area contributed by atoms with Gasteiger partial charge in [-0.05, 0) is 37.3 Å². The number of nitrogens with zero attached hydrogens (tertiary/aromatic N) is 3. The SMILES string of the molecule is C[C@H](Nc1ncnc2[nH]ccc(=O)c12)c1c(Cl)c2cccc(NC(=O)c3ccccc3)c2c(=O)n1-c1ccccc1. The van der Waals surface area contributed by atoms with Crippen molar-refractivity contribution in [1.29, 1.82) is 0 Å². The number of benzene rings is 3. The molecule has 10 heteroatoms. The second-order valence-electron chi connectivity index (χ2n) is 9.38. The van der Waals surface area contributed by atoms with Crippen LogP contribution in [0.2, 0.25) is 5.02 Å². The summed E-state index contributed by atoms with van der Waals surface area (Å²) in [4.78, 5) is 51.4. The van der Waals surface area contributed by atoms with Crippen molar-refractivity contribution in [2.45, 2.75) is 13.0 Å². The first-order valence-electron chi connectivity index (χ1n) is 12.8. The molecule has 1 amide bonds. The summed E-state index contributed by atoms with van der Waals surface area (Å²) in [5.74, 6) is -0.0451. The van der Waals surface area contributed by atoms with E-state index in [0.717, 1.165) is 0 Å². The van der Waals surface area contributed by atoms with Crippen LogP contribution in [0, 0.1) is 0 Å². The Hall–Kier alpha value is -5.28. The molecule has 0 radical (unpaired) electrons. The first-order valence-corrected chi connectivity index (χ1v) is 13.2. The van der Waals surface area contributed by atoms with E-state index in [1.54, 1.807) is 54.6 Å².